The molecule has 4 aromatic rings. The van der Waals surface area contributed by atoms with Gasteiger partial charge in [0.15, 0.2) is 0 Å². The van der Waals surface area contributed by atoms with E-state index in [0.717, 1.165) is 12.1 Å². The van der Waals surface area contributed by atoms with Gasteiger partial charge in [-0.3, -0.25) is 9.97 Å². The summed E-state index contributed by atoms with van der Waals surface area (Å²) in [5.74, 6) is -5.13. The summed E-state index contributed by atoms with van der Waals surface area (Å²) in [4.78, 5) is 14.9. The van der Waals surface area contributed by atoms with Crippen molar-refractivity contribution in [2.24, 2.45) is 0 Å². The summed E-state index contributed by atoms with van der Waals surface area (Å²) < 4.78 is 169. The topological polar surface area (TPSA) is 88.5 Å². The van der Waals surface area contributed by atoms with Crippen molar-refractivity contribution in [2.75, 3.05) is 0 Å². The molecule has 4 heterocycles. The highest BCUT2D eigenvalue weighted by Crippen LogP contribution is 2.39. The molecule has 4 aromatic heterocycles. The third-order valence-electron chi connectivity index (χ3n) is 5.87. The maximum Gasteiger partial charge on any atom is 0.574 e. The van der Waals surface area contributed by atoms with E-state index in [1.807, 2.05) is 0 Å². The zero-order chi connectivity index (χ0) is 35.0. The number of nitrogens with zero attached hydrogens (tertiary/aromatic N) is 4. The number of pyridine rings is 4. The molecule has 8 nitrogen and oxygen atoms in total. The molecule has 0 aromatic carbocycles. The summed E-state index contributed by atoms with van der Waals surface area (Å²) in [5.41, 5.74) is -2.58. The van der Waals surface area contributed by atoms with Crippen molar-refractivity contribution in [3.63, 3.8) is 0 Å². The van der Waals surface area contributed by atoms with Crippen molar-refractivity contribution < 1.29 is 71.6 Å². The third kappa shape index (κ3) is 9.49. The van der Waals surface area contributed by atoms with Crippen LogP contribution in [0.5, 0.6) is 23.5 Å². The Morgan fingerprint density at radius 1 is 0.426 bits per heavy atom. The highest BCUT2D eigenvalue weighted by molar-refractivity contribution is 5.67. The number of alkyl halides is 12. The van der Waals surface area contributed by atoms with E-state index in [1.54, 1.807) is 0 Å². The predicted molar refractivity (Wildman–Crippen MR) is 134 cm³/mol. The van der Waals surface area contributed by atoms with Crippen molar-refractivity contribution in [2.45, 2.75) is 44.7 Å². The molecule has 0 aliphatic carbocycles. The maximum absolute atomic E-state index is 13.1. The largest absolute Gasteiger partial charge is 0.574 e. The van der Waals surface area contributed by atoms with Crippen LogP contribution in [0.15, 0.2) is 60.7 Å². The van der Waals surface area contributed by atoms with Crippen LogP contribution < -0.4 is 18.9 Å². The molecule has 0 saturated heterocycles. The zero-order valence-corrected chi connectivity index (χ0v) is 23.2. The van der Waals surface area contributed by atoms with Crippen molar-refractivity contribution in [3.8, 4) is 46.0 Å². The number of hydrogen-bond acceptors (Lipinski definition) is 8. The Morgan fingerprint density at radius 2 is 0.766 bits per heavy atom. The second kappa shape index (κ2) is 12.3. The molecule has 0 aliphatic heterocycles. The summed E-state index contributed by atoms with van der Waals surface area (Å²) >= 11 is 0. The third-order valence-corrected chi connectivity index (χ3v) is 5.87. The second-order valence-corrected chi connectivity index (χ2v) is 9.64. The van der Waals surface area contributed by atoms with E-state index < -0.39 is 65.5 Å². The van der Waals surface area contributed by atoms with E-state index in [4.69, 9.17) is 0 Å². The van der Waals surface area contributed by atoms with Gasteiger partial charge in [0.2, 0.25) is 23.5 Å². The molecule has 47 heavy (non-hydrogen) atoms. The minimum atomic E-state index is -5.37. The molecule has 0 N–H and O–H groups in total. The van der Waals surface area contributed by atoms with E-state index in [2.05, 4.69) is 38.9 Å². The molecule has 0 aliphatic rings. The fourth-order valence-electron chi connectivity index (χ4n) is 3.96. The zero-order valence-electron chi connectivity index (χ0n) is 23.2. The summed E-state index contributed by atoms with van der Waals surface area (Å²) in [5, 5.41) is 0. The van der Waals surface area contributed by atoms with Crippen LogP contribution in [-0.2, 0) is 5.41 Å². The van der Waals surface area contributed by atoms with Crippen LogP contribution in [0.4, 0.5) is 52.7 Å². The van der Waals surface area contributed by atoms with E-state index in [-0.39, 0.29) is 22.8 Å². The van der Waals surface area contributed by atoms with Gasteiger partial charge in [-0.1, -0.05) is 12.1 Å². The molecule has 20 heteroatoms. The van der Waals surface area contributed by atoms with E-state index in [9.17, 15) is 52.7 Å². The predicted octanol–water partition coefficient (Wildman–Crippen LogP) is 8.52. The number of aromatic nitrogens is 4. The Morgan fingerprint density at radius 3 is 1.09 bits per heavy atom. The van der Waals surface area contributed by atoms with Crippen LogP contribution in [0.25, 0.3) is 22.5 Å². The minimum Gasteiger partial charge on any atom is -0.388 e. The lowest BCUT2D eigenvalue weighted by Gasteiger charge is -2.25. The lowest BCUT2D eigenvalue weighted by Crippen LogP contribution is -2.23. The highest BCUT2D eigenvalue weighted by Gasteiger charge is 2.38. The molecule has 0 saturated carbocycles. The fourth-order valence-corrected chi connectivity index (χ4v) is 3.96. The molecule has 0 bridgehead atoms. The van der Waals surface area contributed by atoms with Gasteiger partial charge in [0.25, 0.3) is 0 Å². The molecule has 0 atom stereocenters. The van der Waals surface area contributed by atoms with Crippen molar-refractivity contribution in [1.29, 1.82) is 0 Å². The van der Waals surface area contributed by atoms with Gasteiger partial charge in [0.1, 0.15) is 0 Å². The fraction of sp³-hybridized carbons (Fsp3) is 0.259. The molecule has 0 unspecified atom stereocenters. The number of hydrogen-bond donors (Lipinski definition) is 0. The van der Waals surface area contributed by atoms with Gasteiger partial charge < -0.3 is 18.9 Å². The minimum absolute atomic E-state index is 0.0899. The lowest BCUT2D eigenvalue weighted by molar-refractivity contribution is -0.281. The number of rotatable bonds is 8. The Labute approximate surface area is 254 Å². The van der Waals surface area contributed by atoms with Crippen LogP contribution in [0.1, 0.15) is 25.2 Å². The number of ether oxygens (including phenoxy) is 4. The Hall–Kier alpha value is -5.04. The second-order valence-electron chi connectivity index (χ2n) is 9.64. The first-order valence-electron chi connectivity index (χ1n) is 12.5. The Kier molecular flexibility index (Phi) is 9.10. The Balaban J connectivity index is 1.76. The summed E-state index contributed by atoms with van der Waals surface area (Å²) in [6.45, 7) is 3.03. The van der Waals surface area contributed by atoms with Crippen LogP contribution >= 0.6 is 0 Å². The molecular weight excluding hydrogens is 672 g/mol. The standard InChI is InChI=1S/C27H16F12N4O4/c1-23(2,17-7-3-5-15(40-17)13-9-11-19(44-24(28,29)30)42-21(13)46-26(34,35)36)18-8-4-6-16(41-18)14-10-12-20(45-25(31,32)33)43-22(14)47-27(37,38)39/h3-12H,1-2H3. The van der Waals surface area contributed by atoms with Crippen LogP contribution in [0, 0.1) is 0 Å². The van der Waals surface area contributed by atoms with Gasteiger partial charge in [-0.15, -0.1) is 52.7 Å². The van der Waals surface area contributed by atoms with Crippen molar-refractivity contribution in [3.05, 3.63) is 72.1 Å². The monoisotopic (exact) mass is 688 g/mol. The normalized spacial score (nSPS) is 12.9. The SMILES string of the molecule is CC(C)(c1cccc(-c2ccc(OC(F)(F)F)nc2OC(F)(F)F)n1)c1cccc(-c2ccc(OC(F)(F)F)nc2OC(F)(F)F)n1. The first-order chi connectivity index (χ1) is 21.5. The van der Waals surface area contributed by atoms with Crippen molar-refractivity contribution >= 4 is 0 Å². The van der Waals surface area contributed by atoms with E-state index in [1.165, 1.54) is 50.2 Å². The molecule has 0 spiro atoms. The highest BCUT2D eigenvalue weighted by atomic mass is 19.4. The number of halogens is 12. The average molecular weight is 688 g/mol. The lowest BCUT2D eigenvalue weighted by atomic mass is 9.84. The summed E-state index contributed by atoms with van der Waals surface area (Å²) in [6.07, 6.45) is -21.3. The molecule has 0 radical (unpaired) electrons. The van der Waals surface area contributed by atoms with Gasteiger partial charge in [0, 0.05) is 17.5 Å². The first-order valence-corrected chi connectivity index (χ1v) is 12.5. The summed E-state index contributed by atoms with van der Waals surface area (Å²) in [7, 11) is 0. The average Bonchev–Trinajstić information content (AvgIpc) is 2.90. The smallest absolute Gasteiger partial charge is 0.388 e. The van der Waals surface area contributed by atoms with E-state index >= 15 is 0 Å². The molecule has 4 rings (SSSR count). The molecule has 0 fully saturated rings. The van der Waals surface area contributed by atoms with E-state index in [0.29, 0.717) is 12.1 Å². The maximum atomic E-state index is 13.1. The van der Waals surface area contributed by atoms with Gasteiger partial charge >= 0.3 is 25.4 Å². The van der Waals surface area contributed by atoms with Crippen LogP contribution in [0.2, 0.25) is 0 Å². The van der Waals surface area contributed by atoms with Gasteiger partial charge in [-0.25, -0.2) is 0 Å². The molecule has 0 amide bonds. The molecular formula is C27H16F12N4O4. The van der Waals surface area contributed by atoms with Crippen LogP contribution in [-0.4, -0.2) is 45.4 Å². The van der Waals surface area contributed by atoms with Gasteiger partial charge in [0.05, 0.1) is 33.9 Å². The van der Waals surface area contributed by atoms with Crippen LogP contribution in [0.3, 0.4) is 0 Å². The Bertz CT molecular complexity index is 1610. The van der Waals surface area contributed by atoms with Crippen molar-refractivity contribution in [1.82, 2.24) is 19.9 Å². The first kappa shape index (κ1) is 34.8. The quantitative estimate of drug-likeness (QED) is 0.170. The molecule has 252 valence electrons. The summed E-state index contributed by atoms with van der Waals surface area (Å²) in [6, 6.07) is 10.7. The van der Waals surface area contributed by atoms with Gasteiger partial charge in [-0.05, 0) is 50.2 Å². The van der Waals surface area contributed by atoms with Gasteiger partial charge in [-0.2, -0.15) is 9.97 Å².